The van der Waals surface area contributed by atoms with Crippen LogP contribution in [-0.2, 0) is 11.2 Å². The second-order valence-electron chi connectivity index (χ2n) is 8.27. The molecule has 3 heterocycles. The number of piperazine rings is 1. The van der Waals surface area contributed by atoms with E-state index >= 15 is 0 Å². The standard InChI is InChI=1S/C24H30N4O2/c1-17-7-8-21-20(16-30-24(21)19(17)3)14-23(29)26-18(2)15-27-10-12-28(13-11-27)22-6-4-5-9-25-22/h4-9,16,18H,10-15H2,1-3H3,(H,26,29). The zero-order valence-corrected chi connectivity index (χ0v) is 18.0. The van der Waals surface area contributed by atoms with Gasteiger partial charge < -0.3 is 14.6 Å². The summed E-state index contributed by atoms with van der Waals surface area (Å²) in [6.07, 6.45) is 3.90. The van der Waals surface area contributed by atoms with Crippen LogP contribution in [-0.4, -0.2) is 54.6 Å². The fourth-order valence-corrected chi connectivity index (χ4v) is 4.16. The highest BCUT2D eigenvalue weighted by Gasteiger charge is 2.20. The number of aryl methyl sites for hydroxylation is 2. The summed E-state index contributed by atoms with van der Waals surface area (Å²) in [7, 11) is 0. The summed E-state index contributed by atoms with van der Waals surface area (Å²) in [6, 6.07) is 10.3. The highest BCUT2D eigenvalue weighted by atomic mass is 16.3. The predicted molar refractivity (Wildman–Crippen MR) is 120 cm³/mol. The van der Waals surface area contributed by atoms with E-state index in [0.717, 1.165) is 60.6 Å². The first-order chi connectivity index (χ1) is 14.5. The van der Waals surface area contributed by atoms with Crippen LogP contribution in [0.3, 0.4) is 0 Å². The zero-order chi connectivity index (χ0) is 21.1. The van der Waals surface area contributed by atoms with Gasteiger partial charge in [0, 0.05) is 55.9 Å². The summed E-state index contributed by atoms with van der Waals surface area (Å²) in [5.74, 6) is 1.08. The van der Waals surface area contributed by atoms with Gasteiger partial charge in [0.25, 0.3) is 0 Å². The molecule has 4 rings (SSSR count). The van der Waals surface area contributed by atoms with E-state index in [1.54, 1.807) is 6.26 Å². The summed E-state index contributed by atoms with van der Waals surface area (Å²) < 4.78 is 5.74. The van der Waals surface area contributed by atoms with Gasteiger partial charge in [-0.2, -0.15) is 0 Å². The van der Waals surface area contributed by atoms with Gasteiger partial charge in [-0.25, -0.2) is 4.98 Å². The van der Waals surface area contributed by atoms with Gasteiger partial charge in [0.2, 0.25) is 5.91 Å². The van der Waals surface area contributed by atoms with Crippen molar-refractivity contribution in [3.63, 3.8) is 0 Å². The van der Waals surface area contributed by atoms with Crippen LogP contribution in [0.2, 0.25) is 0 Å². The Morgan fingerprint density at radius 2 is 1.97 bits per heavy atom. The summed E-state index contributed by atoms with van der Waals surface area (Å²) >= 11 is 0. The molecule has 1 saturated heterocycles. The number of fused-ring (bicyclic) bond motifs is 1. The number of benzene rings is 1. The third kappa shape index (κ3) is 4.49. The lowest BCUT2D eigenvalue weighted by molar-refractivity contribution is -0.121. The lowest BCUT2D eigenvalue weighted by Crippen LogP contribution is -2.51. The fourth-order valence-electron chi connectivity index (χ4n) is 4.16. The van der Waals surface area contributed by atoms with Gasteiger partial charge in [-0.15, -0.1) is 0 Å². The van der Waals surface area contributed by atoms with E-state index in [0.29, 0.717) is 6.42 Å². The van der Waals surface area contributed by atoms with Crippen molar-refractivity contribution in [1.82, 2.24) is 15.2 Å². The average Bonchev–Trinajstić information content (AvgIpc) is 3.15. The van der Waals surface area contributed by atoms with Crippen LogP contribution in [0.15, 0.2) is 47.2 Å². The number of hydrogen-bond acceptors (Lipinski definition) is 5. The zero-order valence-electron chi connectivity index (χ0n) is 18.0. The van der Waals surface area contributed by atoms with E-state index in [9.17, 15) is 4.79 Å². The number of carbonyl (C=O) groups is 1. The summed E-state index contributed by atoms with van der Waals surface area (Å²) in [6.45, 7) is 10.9. The normalized spacial score (nSPS) is 16.0. The van der Waals surface area contributed by atoms with Gasteiger partial charge in [-0.05, 0) is 44.0 Å². The van der Waals surface area contributed by atoms with Gasteiger partial charge in [-0.3, -0.25) is 9.69 Å². The van der Waals surface area contributed by atoms with E-state index < -0.39 is 0 Å². The molecule has 1 aromatic carbocycles. The van der Waals surface area contributed by atoms with E-state index in [2.05, 4.69) is 53.0 Å². The number of anilines is 1. The van der Waals surface area contributed by atoms with Crippen LogP contribution in [0.25, 0.3) is 11.0 Å². The molecule has 2 aromatic heterocycles. The van der Waals surface area contributed by atoms with Crippen molar-refractivity contribution in [2.24, 2.45) is 0 Å². The number of carbonyl (C=O) groups excluding carboxylic acids is 1. The monoisotopic (exact) mass is 406 g/mol. The van der Waals surface area contributed by atoms with Crippen LogP contribution in [0.4, 0.5) is 5.82 Å². The molecule has 1 unspecified atom stereocenters. The maximum atomic E-state index is 12.6. The number of rotatable bonds is 6. The molecule has 1 N–H and O–H groups in total. The summed E-state index contributed by atoms with van der Waals surface area (Å²) in [4.78, 5) is 21.8. The molecule has 1 amide bonds. The second-order valence-corrected chi connectivity index (χ2v) is 8.27. The minimum Gasteiger partial charge on any atom is -0.464 e. The number of hydrogen-bond donors (Lipinski definition) is 1. The molecule has 0 aliphatic carbocycles. The van der Waals surface area contributed by atoms with Crippen LogP contribution in [0.1, 0.15) is 23.6 Å². The Morgan fingerprint density at radius 3 is 2.70 bits per heavy atom. The van der Waals surface area contributed by atoms with E-state index in [4.69, 9.17) is 4.42 Å². The summed E-state index contributed by atoms with van der Waals surface area (Å²) in [5.41, 5.74) is 4.17. The first-order valence-electron chi connectivity index (χ1n) is 10.6. The summed E-state index contributed by atoms with van der Waals surface area (Å²) in [5, 5.41) is 4.18. The fraction of sp³-hybridized carbons (Fsp3) is 0.417. The molecular formula is C24H30N4O2. The number of furan rings is 1. The van der Waals surface area contributed by atoms with Crippen molar-refractivity contribution in [2.75, 3.05) is 37.6 Å². The SMILES string of the molecule is Cc1ccc2c(CC(=O)NC(C)CN3CCN(c4ccccn4)CC3)coc2c1C. The van der Waals surface area contributed by atoms with E-state index in [-0.39, 0.29) is 11.9 Å². The molecule has 6 heteroatoms. The Morgan fingerprint density at radius 1 is 1.17 bits per heavy atom. The number of amides is 1. The van der Waals surface area contributed by atoms with Crippen molar-refractivity contribution in [3.05, 3.63) is 59.5 Å². The molecule has 3 aromatic rings. The Kier molecular flexibility index (Phi) is 6.04. The average molecular weight is 407 g/mol. The highest BCUT2D eigenvalue weighted by Crippen LogP contribution is 2.26. The minimum absolute atomic E-state index is 0.0375. The Hall–Kier alpha value is -2.86. The Bertz CT molecular complexity index is 1010. The lowest BCUT2D eigenvalue weighted by atomic mass is 10.0. The highest BCUT2D eigenvalue weighted by molar-refractivity contribution is 5.89. The van der Waals surface area contributed by atoms with Crippen LogP contribution in [0, 0.1) is 13.8 Å². The minimum atomic E-state index is 0.0375. The van der Waals surface area contributed by atoms with Gasteiger partial charge >= 0.3 is 0 Å². The number of aromatic nitrogens is 1. The molecule has 6 nitrogen and oxygen atoms in total. The predicted octanol–water partition coefficient (Wildman–Crippen LogP) is 3.31. The van der Waals surface area contributed by atoms with Gasteiger partial charge in [0.05, 0.1) is 12.7 Å². The van der Waals surface area contributed by atoms with Gasteiger partial charge in [0.1, 0.15) is 11.4 Å². The number of nitrogens with zero attached hydrogens (tertiary/aromatic N) is 3. The van der Waals surface area contributed by atoms with Gasteiger partial charge in [-0.1, -0.05) is 18.2 Å². The van der Waals surface area contributed by atoms with E-state index in [1.807, 2.05) is 24.4 Å². The quantitative estimate of drug-likeness (QED) is 0.681. The van der Waals surface area contributed by atoms with Crippen molar-refractivity contribution < 1.29 is 9.21 Å². The second kappa shape index (κ2) is 8.88. The Labute approximate surface area is 177 Å². The third-order valence-corrected chi connectivity index (χ3v) is 5.98. The van der Waals surface area contributed by atoms with E-state index in [1.165, 1.54) is 5.56 Å². The number of nitrogens with one attached hydrogen (secondary N) is 1. The molecule has 158 valence electrons. The van der Waals surface area contributed by atoms with Crippen molar-refractivity contribution >= 4 is 22.7 Å². The molecule has 0 saturated carbocycles. The van der Waals surface area contributed by atoms with Crippen molar-refractivity contribution in [3.8, 4) is 0 Å². The first kappa shape index (κ1) is 20.4. The maximum absolute atomic E-state index is 12.6. The molecule has 30 heavy (non-hydrogen) atoms. The lowest BCUT2D eigenvalue weighted by Gasteiger charge is -2.36. The molecule has 0 spiro atoms. The van der Waals surface area contributed by atoms with Crippen LogP contribution in [0.5, 0.6) is 0 Å². The smallest absolute Gasteiger partial charge is 0.224 e. The van der Waals surface area contributed by atoms with Crippen molar-refractivity contribution in [2.45, 2.75) is 33.2 Å². The molecule has 1 atom stereocenters. The molecule has 1 aliphatic rings. The Balaban J connectivity index is 1.27. The maximum Gasteiger partial charge on any atom is 0.224 e. The largest absolute Gasteiger partial charge is 0.464 e. The molecule has 1 fully saturated rings. The van der Waals surface area contributed by atoms with Crippen molar-refractivity contribution in [1.29, 1.82) is 0 Å². The molecule has 0 radical (unpaired) electrons. The third-order valence-electron chi connectivity index (χ3n) is 5.98. The van der Waals surface area contributed by atoms with Gasteiger partial charge in [0.15, 0.2) is 0 Å². The molecule has 0 bridgehead atoms. The van der Waals surface area contributed by atoms with Crippen LogP contribution >= 0.6 is 0 Å². The van der Waals surface area contributed by atoms with Crippen LogP contribution < -0.4 is 10.2 Å². The number of pyridine rings is 1. The molecular weight excluding hydrogens is 376 g/mol. The first-order valence-corrected chi connectivity index (χ1v) is 10.6. The topological polar surface area (TPSA) is 61.6 Å². The molecule has 1 aliphatic heterocycles.